The number of alkyl halides is 6. The highest BCUT2D eigenvalue weighted by Gasteiger charge is 2.37. The van der Waals surface area contributed by atoms with Crippen molar-refractivity contribution in [3.63, 3.8) is 0 Å². The van der Waals surface area contributed by atoms with E-state index in [0.717, 1.165) is 12.3 Å². The van der Waals surface area contributed by atoms with Gasteiger partial charge in [0.2, 0.25) is 15.9 Å². The largest absolute Gasteiger partial charge is 0.416 e. The Morgan fingerprint density at radius 1 is 1.00 bits per heavy atom. The third-order valence-corrected chi connectivity index (χ3v) is 7.72. The highest BCUT2D eigenvalue weighted by atomic mass is 32.2. The molecule has 0 aliphatic carbocycles. The van der Waals surface area contributed by atoms with Gasteiger partial charge in [-0.05, 0) is 54.0 Å². The van der Waals surface area contributed by atoms with Gasteiger partial charge in [0.05, 0.1) is 21.7 Å². The monoisotopic (exact) mass is 570 g/mol. The van der Waals surface area contributed by atoms with Gasteiger partial charge in [-0.15, -0.1) is 0 Å². The number of hydrogen-bond acceptors (Lipinski definition) is 5. The number of aromatic nitrogens is 2. The van der Waals surface area contributed by atoms with E-state index in [2.05, 4.69) is 9.97 Å². The molecule has 1 aliphatic rings. The van der Waals surface area contributed by atoms with Gasteiger partial charge in [0.15, 0.2) is 5.82 Å². The van der Waals surface area contributed by atoms with E-state index in [0.29, 0.717) is 25.2 Å². The summed E-state index contributed by atoms with van der Waals surface area (Å²) in [6, 6.07) is 7.66. The Hall–Kier alpha value is -3.78. The molecule has 1 aliphatic heterocycles. The van der Waals surface area contributed by atoms with Crippen molar-refractivity contribution in [3.8, 4) is 11.4 Å². The Bertz CT molecular complexity index is 1530. The summed E-state index contributed by atoms with van der Waals surface area (Å²) in [5.41, 5.74) is 1.76. The van der Waals surface area contributed by atoms with Crippen molar-refractivity contribution in [3.05, 3.63) is 77.1 Å². The van der Waals surface area contributed by atoms with Crippen LogP contribution < -0.4 is 5.73 Å². The van der Waals surface area contributed by atoms with Gasteiger partial charge in [-0.25, -0.2) is 18.4 Å². The number of halogens is 6. The van der Waals surface area contributed by atoms with Crippen molar-refractivity contribution in [2.45, 2.75) is 24.2 Å². The molecule has 3 aromatic rings. The van der Waals surface area contributed by atoms with Gasteiger partial charge < -0.3 is 5.73 Å². The van der Waals surface area contributed by atoms with E-state index < -0.39 is 50.8 Å². The zero-order chi connectivity index (χ0) is 28.8. The van der Waals surface area contributed by atoms with Gasteiger partial charge in [0, 0.05) is 30.4 Å². The molecule has 2 aromatic carbocycles. The van der Waals surface area contributed by atoms with Crippen LogP contribution in [-0.4, -0.2) is 41.7 Å². The first-order valence-electron chi connectivity index (χ1n) is 11.3. The number of nitrogens with zero attached hydrogens (tertiary/aromatic N) is 3. The van der Waals surface area contributed by atoms with Gasteiger partial charge >= 0.3 is 12.4 Å². The number of sulfonamides is 1. The van der Waals surface area contributed by atoms with E-state index in [1.54, 1.807) is 0 Å². The van der Waals surface area contributed by atoms with Crippen LogP contribution in [0.3, 0.4) is 0 Å². The molecule has 0 atom stereocenters. The molecule has 0 spiro atoms. The standard InChI is InChI=1S/C25H20F6N4O3S/c1-14-12-35(13-14)39(37,38)20-4-2-3-15(9-20)21(22(32)36)11-19-5-6-33-23(34-19)16-7-17(24(26,27)28)10-18(8-16)25(29,30)31/h2-11,14H,12-13H2,1H3,(H2,32,36)/b21-11+. The summed E-state index contributed by atoms with van der Waals surface area (Å²) in [5.74, 6) is -1.23. The lowest BCUT2D eigenvalue weighted by Gasteiger charge is -2.35. The Morgan fingerprint density at radius 2 is 1.62 bits per heavy atom. The van der Waals surface area contributed by atoms with E-state index in [-0.39, 0.29) is 33.7 Å². The maximum atomic E-state index is 13.3. The Balaban J connectivity index is 1.76. The highest BCUT2D eigenvalue weighted by molar-refractivity contribution is 7.89. The molecule has 0 unspecified atom stereocenters. The summed E-state index contributed by atoms with van der Waals surface area (Å²) >= 11 is 0. The molecule has 206 valence electrons. The molecular weight excluding hydrogens is 550 g/mol. The fourth-order valence-corrected chi connectivity index (χ4v) is 5.66. The molecule has 39 heavy (non-hydrogen) atoms. The summed E-state index contributed by atoms with van der Waals surface area (Å²) in [6.45, 7) is 2.59. The van der Waals surface area contributed by atoms with Crippen molar-refractivity contribution < 1.29 is 39.6 Å². The molecule has 0 saturated carbocycles. The van der Waals surface area contributed by atoms with Crippen LogP contribution in [0.5, 0.6) is 0 Å². The molecule has 7 nitrogen and oxygen atoms in total. The second-order valence-electron chi connectivity index (χ2n) is 8.98. The molecular formula is C25H20F6N4O3S. The molecule has 4 rings (SSSR count). The lowest BCUT2D eigenvalue weighted by molar-refractivity contribution is -0.143. The van der Waals surface area contributed by atoms with E-state index >= 15 is 0 Å². The predicted octanol–water partition coefficient (Wildman–Crippen LogP) is 4.85. The van der Waals surface area contributed by atoms with Crippen LogP contribution >= 0.6 is 0 Å². The van der Waals surface area contributed by atoms with Crippen molar-refractivity contribution in [1.29, 1.82) is 0 Å². The zero-order valence-corrected chi connectivity index (χ0v) is 20.9. The summed E-state index contributed by atoms with van der Waals surface area (Å²) in [7, 11) is -3.82. The van der Waals surface area contributed by atoms with Crippen molar-refractivity contribution in [2.24, 2.45) is 11.7 Å². The summed E-state index contributed by atoms with van der Waals surface area (Å²) < 4.78 is 107. The van der Waals surface area contributed by atoms with Crippen LogP contribution in [-0.2, 0) is 27.2 Å². The molecule has 0 radical (unpaired) electrons. The van der Waals surface area contributed by atoms with E-state index in [1.807, 2.05) is 6.92 Å². The van der Waals surface area contributed by atoms with Crippen molar-refractivity contribution >= 4 is 27.6 Å². The number of hydrogen-bond donors (Lipinski definition) is 1. The number of benzene rings is 2. The molecule has 1 amide bonds. The number of nitrogens with two attached hydrogens (primary N) is 1. The number of carbonyl (C=O) groups is 1. The summed E-state index contributed by atoms with van der Waals surface area (Å²) in [5, 5.41) is 0. The van der Waals surface area contributed by atoms with Crippen LogP contribution in [0.15, 0.2) is 59.6 Å². The average Bonchev–Trinajstić information content (AvgIpc) is 2.84. The smallest absolute Gasteiger partial charge is 0.366 e. The van der Waals surface area contributed by atoms with Crippen LogP contribution in [0, 0.1) is 5.92 Å². The molecule has 1 saturated heterocycles. The second kappa shape index (κ2) is 10.1. The van der Waals surface area contributed by atoms with Gasteiger partial charge in [-0.3, -0.25) is 4.79 Å². The van der Waals surface area contributed by atoms with Gasteiger partial charge in [-0.2, -0.15) is 30.6 Å². The fraction of sp³-hybridized carbons (Fsp3) is 0.240. The maximum absolute atomic E-state index is 13.3. The molecule has 0 bridgehead atoms. The van der Waals surface area contributed by atoms with Crippen LogP contribution in [0.4, 0.5) is 26.3 Å². The first kappa shape index (κ1) is 28.2. The zero-order valence-electron chi connectivity index (χ0n) is 20.1. The SMILES string of the molecule is CC1CN(S(=O)(=O)c2cccc(/C(=C\c3ccnc(-c4cc(C(F)(F)F)cc(C(F)(F)F)c4)n3)C(N)=O)c2)C1. The fourth-order valence-electron chi connectivity index (χ4n) is 3.93. The highest BCUT2D eigenvalue weighted by Crippen LogP contribution is 2.38. The molecule has 2 heterocycles. The Labute approximate surface area is 219 Å². The van der Waals surface area contributed by atoms with Crippen molar-refractivity contribution in [2.75, 3.05) is 13.1 Å². The van der Waals surface area contributed by atoms with Crippen molar-refractivity contribution in [1.82, 2.24) is 14.3 Å². The molecule has 1 aromatic heterocycles. The van der Waals surface area contributed by atoms with Crippen LogP contribution in [0.25, 0.3) is 23.0 Å². The van der Waals surface area contributed by atoms with Crippen LogP contribution in [0.1, 0.15) is 29.3 Å². The van der Waals surface area contributed by atoms with Crippen LogP contribution in [0.2, 0.25) is 0 Å². The quantitative estimate of drug-likeness (QED) is 0.337. The lowest BCUT2D eigenvalue weighted by Crippen LogP contribution is -2.48. The number of amides is 1. The minimum Gasteiger partial charge on any atom is -0.366 e. The van der Waals surface area contributed by atoms with Gasteiger partial charge in [0.1, 0.15) is 0 Å². The minimum atomic E-state index is -5.06. The topological polar surface area (TPSA) is 106 Å². The molecule has 1 fully saturated rings. The third kappa shape index (κ3) is 6.11. The second-order valence-corrected chi connectivity index (χ2v) is 10.9. The summed E-state index contributed by atoms with van der Waals surface area (Å²) in [4.78, 5) is 20.0. The third-order valence-electron chi connectivity index (χ3n) is 5.89. The first-order valence-corrected chi connectivity index (χ1v) is 12.7. The van der Waals surface area contributed by atoms with E-state index in [4.69, 9.17) is 5.73 Å². The maximum Gasteiger partial charge on any atom is 0.416 e. The number of primary amides is 1. The number of carbonyl (C=O) groups excluding carboxylic acids is 1. The Kier molecular flexibility index (Phi) is 7.29. The average molecular weight is 571 g/mol. The minimum absolute atomic E-state index is 0.0136. The first-order chi connectivity index (χ1) is 18.1. The predicted molar refractivity (Wildman–Crippen MR) is 129 cm³/mol. The Morgan fingerprint density at radius 3 is 2.15 bits per heavy atom. The molecule has 2 N–H and O–H groups in total. The van der Waals surface area contributed by atoms with E-state index in [9.17, 15) is 39.6 Å². The van der Waals surface area contributed by atoms with Gasteiger partial charge in [0.25, 0.3) is 0 Å². The number of rotatable bonds is 6. The summed E-state index contributed by atoms with van der Waals surface area (Å²) in [6.07, 6.45) is -7.90. The van der Waals surface area contributed by atoms with E-state index in [1.165, 1.54) is 34.6 Å². The molecule has 14 heteroatoms. The van der Waals surface area contributed by atoms with Gasteiger partial charge in [-0.1, -0.05) is 19.1 Å². The lowest BCUT2D eigenvalue weighted by atomic mass is 10.0. The normalized spacial score (nSPS) is 15.7.